The molecule has 25 heavy (non-hydrogen) atoms. The molecule has 0 unspecified atom stereocenters. The van der Waals surface area contributed by atoms with Crippen LogP contribution in [0.5, 0.6) is 5.75 Å². The van der Waals surface area contributed by atoms with E-state index in [1.54, 1.807) is 18.2 Å². The van der Waals surface area contributed by atoms with E-state index in [0.29, 0.717) is 22.4 Å². The number of anilines is 1. The zero-order valence-electron chi connectivity index (χ0n) is 12.5. The number of non-ortho nitro benzene ring substituents is 1. The number of oxazole rings is 1. The number of fused-ring (bicyclic) bond motifs is 1. The lowest BCUT2D eigenvalue weighted by Crippen LogP contribution is -1.95. The number of hydrogen-bond donors (Lipinski definition) is 2. The van der Waals surface area contributed by atoms with Crippen molar-refractivity contribution in [2.45, 2.75) is 0 Å². The zero-order valence-corrected chi connectivity index (χ0v) is 13.2. The minimum atomic E-state index is -0.625. The summed E-state index contributed by atoms with van der Waals surface area (Å²) in [4.78, 5) is 25.5. The van der Waals surface area contributed by atoms with E-state index in [0.717, 1.165) is 6.07 Å². The number of rotatable bonds is 5. The number of halogens is 1. The Morgan fingerprint density at radius 2 is 2.12 bits per heavy atom. The molecule has 2 N–H and O–H groups in total. The van der Waals surface area contributed by atoms with Crippen LogP contribution >= 0.6 is 11.6 Å². The Labute approximate surface area is 145 Å². The molecule has 0 aliphatic heterocycles. The van der Waals surface area contributed by atoms with Gasteiger partial charge < -0.3 is 14.8 Å². The number of nitrogens with one attached hydrogen (secondary N) is 1. The van der Waals surface area contributed by atoms with Crippen molar-refractivity contribution in [3.8, 4) is 5.75 Å². The SMILES string of the molecule is O=C/C(=C/Nc1ccc([N+](=O)[O-])cc1O)c1nc2cc(Cl)ccc2o1. The van der Waals surface area contributed by atoms with E-state index in [9.17, 15) is 20.0 Å². The lowest BCUT2D eigenvalue weighted by Gasteiger charge is -2.04. The average molecular weight is 360 g/mol. The number of hydrogen-bond acceptors (Lipinski definition) is 7. The van der Waals surface area contributed by atoms with Gasteiger partial charge in [0.15, 0.2) is 11.9 Å². The second-order valence-electron chi connectivity index (χ2n) is 4.95. The number of aromatic nitrogens is 1. The molecular weight excluding hydrogens is 350 g/mol. The average Bonchev–Trinajstić information content (AvgIpc) is 2.99. The molecule has 0 spiro atoms. The van der Waals surface area contributed by atoms with E-state index >= 15 is 0 Å². The third-order valence-electron chi connectivity index (χ3n) is 3.30. The van der Waals surface area contributed by atoms with Crippen LogP contribution < -0.4 is 5.32 Å². The van der Waals surface area contributed by atoms with Crippen molar-refractivity contribution < 1.29 is 19.2 Å². The van der Waals surface area contributed by atoms with Gasteiger partial charge in [0.05, 0.1) is 22.3 Å². The number of allylic oxidation sites excluding steroid dienone is 1. The van der Waals surface area contributed by atoms with Gasteiger partial charge in [-0.15, -0.1) is 0 Å². The van der Waals surface area contributed by atoms with Gasteiger partial charge in [-0.05, 0) is 24.3 Å². The normalized spacial score (nSPS) is 11.5. The summed E-state index contributed by atoms with van der Waals surface area (Å²) in [6.07, 6.45) is 1.81. The summed E-state index contributed by atoms with van der Waals surface area (Å²) in [6.45, 7) is 0. The lowest BCUT2D eigenvalue weighted by molar-refractivity contribution is -0.384. The number of aromatic hydroxyl groups is 1. The molecule has 0 amide bonds. The first-order chi connectivity index (χ1) is 12.0. The maximum absolute atomic E-state index is 11.3. The fourth-order valence-corrected chi connectivity index (χ4v) is 2.25. The number of phenols is 1. The van der Waals surface area contributed by atoms with Crippen molar-refractivity contribution >= 4 is 45.9 Å². The van der Waals surface area contributed by atoms with Gasteiger partial charge in [0.25, 0.3) is 5.69 Å². The zero-order chi connectivity index (χ0) is 18.0. The molecule has 126 valence electrons. The molecule has 2 aromatic carbocycles. The number of carbonyl (C=O) groups is 1. The molecule has 9 heteroatoms. The van der Waals surface area contributed by atoms with Gasteiger partial charge in [-0.1, -0.05) is 11.6 Å². The maximum atomic E-state index is 11.3. The molecule has 0 atom stereocenters. The monoisotopic (exact) mass is 359 g/mol. The molecule has 1 heterocycles. The predicted octanol–water partition coefficient (Wildman–Crippen LogP) is 3.75. The molecule has 0 aliphatic rings. The predicted molar refractivity (Wildman–Crippen MR) is 91.4 cm³/mol. The number of nitrogens with zero attached hydrogens (tertiary/aromatic N) is 2. The first-order valence-corrected chi connectivity index (χ1v) is 7.31. The van der Waals surface area contributed by atoms with Gasteiger partial charge in [0.1, 0.15) is 11.3 Å². The minimum Gasteiger partial charge on any atom is -0.506 e. The summed E-state index contributed by atoms with van der Waals surface area (Å²) in [6, 6.07) is 8.40. The molecule has 0 saturated heterocycles. The van der Waals surface area contributed by atoms with Crippen LogP contribution in [-0.2, 0) is 4.79 Å². The number of nitro benzene ring substituents is 1. The quantitative estimate of drug-likeness (QED) is 0.234. The standard InChI is InChI=1S/C16H10ClN3O5/c17-10-1-4-15-13(5-10)19-16(25-15)9(8-21)7-18-12-3-2-11(20(23)24)6-14(12)22/h1-8,18,22H/b9-7-. The molecule has 0 saturated carbocycles. The highest BCUT2D eigenvalue weighted by Crippen LogP contribution is 2.29. The maximum Gasteiger partial charge on any atom is 0.273 e. The van der Waals surface area contributed by atoms with Crippen LogP contribution in [0.2, 0.25) is 5.02 Å². The number of nitro groups is 1. The highest BCUT2D eigenvalue weighted by atomic mass is 35.5. The molecular formula is C16H10ClN3O5. The van der Waals surface area contributed by atoms with Crippen LogP contribution in [0.4, 0.5) is 11.4 Å². The Morgan fingerprint density at radius 1 is 1.32 bits per heavy atom. The topological polar surface area (TPSA) is 118 Å². The first kappa shape index (κ1) is 16.5. The van der Waals surface area contributed by atoms with E-state index in [1.165, 1.54) is 18.3 Å². The van der Waals surface area contributed by atoms with Crippen molar-refractivity contribution in [1.29, 1.82) is 0 Å². The number of aldehydes is 1. The van der Waals surface area contributed by atoms with E-state index < -0.39 is 4.92 Å². The second-order valence-corrected chi connectivity index (χ2v) is 5.39. The van der Waals surface area contributed by atoms with Crippen LogP contribution in [0, 0.1) is 10.1 Å². The number of phenolic OH excluding ortho intramolecular Hbond substituents is 1. The summed E-state index contributed by atoms with van der Waals surface area (Å²) in [5.41, 5.74) is 0.978. The van der Waals surface area contributed by atoms with Gasteiger partial charge in [-0.3, -0.25) is 14.9 Å². The fraction of sp³-hybridized carbons (Fsp3) is 0. The van der Waals surface area contributed by atoms with Crippen LogP contribution in [-0.4, -0.2) is 21.3 Å². The summed E-state index contributed by atoms with van der Waals surface area (Å²) < 4.78 is 5.48. The highest BCUT2D eigenvalue weighted by molar-refractivity contribution is 6.31. The molecule has 0 radical (unpaired) electrons. The highest BCUT2D eigenvalue weighted by Gasteiger charge is 2.12. The van der Waals surface area contributed by atoms with Crippen molar-refractivity contribution in [2.24, 2.45) is 0 Å². The molecule has 0 bridgehead atoms. The minimum absolute atomic E-state index is 0.0705. The number of benzene rings is 2. The Bertz CT molecular complexity index is 1010. The molecule has 8 nitrogen and oxygen atoms in total. The van der Waals surface area contributed by atoms with Crippen molar-refractivity contribution in [3.63, 3.8) is 0 Å². The van der Waals surface area contributed by atoms with Crippen LogP contribution in [0.3, 0.4) is 0 Å². The van der Waals surface area contributed by atoms with Gasteiger partial charge in [-0.25, -0.2) is 4.98 Å². The molecule has 0 fully saturated rings. The third kappa shape index (κ3) is 3.43. The van der Waals surface area contributed by atoms with Gasteiger partial charge in [0, 0.05) is 17.3 Å². The second kappa shape index (κ2) is 6.62. The Morgan fingerprint density at radius 3 is 2.80 bits per heavy atom. The Kier molecular flexibility index (Phi) is 4.36. The fourth-order valence-electron chi connectivity index (χ4n) is 2.08. The van der Waals surface area contributed by atoms with Crippen molar-refractivity contribution in [1.82, 2.24) is 4.98 Å². The van der Waals surface area contributed by atoms with Gasteiger partial charge >= 0.3 is 0 Å². The van der Waals surface area contributed by atoms with Crippen LogP contribution in [0.15, 0.2) is 47.0 Å². The van der Waals surface area contributed by atoms with E-state index in [-0.39, 0.29) is 28.6 Å². The molecule has 3 rings (SSSR count). The first-order valence-electron chi connectivity index (χ1n) is 6.93. The summed E-state index contributed by atoms with van der Waals surface area (Å²) >= 11 is 5.88. The van der Waals surface area contributed by atoms with Crippen LogP contribution in [0.25, 0.3) is 16.7 Å². The van der Waals surface area contributed by atoms with E-state index in [4.69, 9.17) is 16.0 Å². The molecule has 3 aromatic rings. The Balaban J connectivity index is 1.89. The smallest absolute Gasteiger partial charge is 0.273 e. The molecule has 1 aromatic heterocycles. The van der Waals surface area contributed by atoms with E-state index in [2.05, 4.69) is 10.3 Å². The third-order valence-corrected chi connectivity index (χ3v) is 3.53. The lowest BCUT2D eigenvalue weighted by atomic mass is 10.2. The van der Waals surface area contributed by atoms with Crippen LogP contribution in [0.1, 0.15) is 5.89 Å². The van der Waals surface area contributed by atoms with E-state index in [1.807, 2.05) is 0 Å². The Hall–Kier alpha value is -3.39. The largest absolute Gasteiger partial charge is 0.506 e. The molecule has 0 aliphatic carbocycles. The number of carbonyl (C=O) groups excluding carboxylic acids is 1. The summed E-state index contributed by atoms with van der Waals surface area (Å²) in [7, 11) is 0. The summed E-state index contributed by atoms with van der Waals surface area (Å²) in [5.74, 6) is -0.263. The summed E-state index contributed by atoms with van der Waals surface area (Å²) in [5, 5.41) is 23.6. The van der Waals surface area contributed by atoms with Crippen molar-refractivity contribution in [3.05, 3.63) is 63.6 Å². The van der Waals surface area contributed by atoms with Crippen molar-refractivity contribution in [2.75, 3.05) is 5.32 Å². The van der Waals surface area contributed by atoms with Gasteiger partial charge in [0.2, 0.25) is 5.89 Å². The van der Waals surface area contributed by atoms with Gasteiger partial charge in [-0.2, -0.15) is 0 Å².